The van der Waals surface area contributed by atoms with Crippen LogP contribution in [-0.2, 0) is 19.4 Å². The van der Waals surface area contributed by atoms with Crippen LogP contribution >= 0.6 is 0 Å². The first-order chi connectivity index (χ1) is 8.81. The number of aryl methyl sites for hydroxylation is 2. The maximum atomic E-state index is 3.68. The molecule has 0 amide bonds. The number of benzene rings is 1. The molecule has 1 fully saturated rings. The predicted octanol–water partition coefficient (Wildman–Crippen LogP) is 3.85. The molecule has 0 bridgehead atoms. The summed E-state index contributed by atoms with van der Waals surface area (Å²) in [5.74, 6) is 0. The van der Waals surface area contributed by atoms with Crippen molar-refractivity contribution in [3.8, 4) is 0 Å². The van der Waals surface area contributed by atoms with Gasteiger partial charge in [-0.3, -0.25) is 0 Å². The predicted molar refractivity (Wildman–Crippen MR) is 76.7 cm³/mol. The van der Waals surface area contributed by atoms with Gasteiger partial charge in [-0.25, -0.2) is 0 Å². The van der Waals surface area contributed by atoms with Gasteiger partial charge in [0.2, 0.25) is 0 Å². The quantitative estimate of drug-likeness (QED) is 0.800. The van der Waals surface area contributed by atoms with Crippen LogP contribution in [0.1, 0.15) is 55.7 Å². The summed E-state index contributed by atoms with van der Waals surface area (Å²) in [4.78, 5) is 0. The highest BCUT2D eigenvalue weighted by Crippen LogP contribution is 2.48. The molecule has 3 rings (SSSR count). The zero-order valence-corrected chi connectivity index (χ0v) is 11.6. The van der Waals surface area contributed by atoms with Gasteiger partial charge < -0.3 is 5.32 Å². The highest BCUT2D eigenvalue weighted by atomic mass is 14.9. The van der Waals surface area contributed by atoms with Gasteiger partial charge in [0.25, 0.3) is 0 Å². The minimum Gasteiger partial charge on any atom is -0.312 e. The molecule has 1 aromatic rings. The minimum absolute atomic E-state index is 0.672. The van der Waals surface area contributed by atoms with Crippen LogP contribution in [0.2, 0.25) is 0 Å². The Labute approximate surface area is 111 Å². The van der Waals surface area contributed by atoms with E-state index < -0.39 is 0 Å². The number of nitrogens with one attached hydrogen (secondary N) is 1. The fourth-order valence-electron chi connectivity index (χ4n) is 3.43. The molecule has 18 heavy (non-hydrogen) atoms. The molecule has 0 aromatic heterocycles. The molecule has 1 aromatic carbocycles. The normalized spacial score (nSPS) is 19.8. The van der Waals surface area contributed by atoms with Crippen molar-refractivity contribution in [3.63, 3.8) is 0 Å². The van der Waals surface area contributed by atoms with E-state index in [1.165, 1.54) is 57.1 Å². The molecule has 0 aliphatic heterocycles. The average molecular weight is 243 g/mol. The van der Waals surface area contributed by atoms with E-state index in [1.54, 1.807) is 11.1 Å². The van der Waals surface area contributed by atoms with Gasteiger partial charge in [0.05, 0.1) is 0 Å². The van der Waals surface area contributed by atoms with Crippen LogP contribution in [0.25, 0.3) is 0 Å². The first-order valence-corrected chi connectivity index (χ1v) is 7.63. The molecule has 0 radical (unpaired) electrons. The van der Waals surface area contributed by atoms with Crippen LogP contribution < -0.4 is 5.32 Å². The second kappa shape index (κ2) is 5.05. The topological polar surface area (TPSA) is 12.0 Å². The zero-order valence-electron chi connectivity index (χ0n) is 11.6. The maximum absolute atomic E-state index is 3.68. The Balaban J connectivity index is 1.51. The van der Waals surface area contributed by atoms with E-state index in [4.69, 9.17) is 0 Å². The summed E-state index contributed by atoms with van der Waals surface area (Å²) in [6.45, 7) is 4.58. The fourth-order valence-corrected chi connectivity index (χ4v) is 3.43. The van der Waals surface area contributed by atoms with Crippen molar-refractivity contribution in [3.05, 3.63) is 34.9 Å². The van der Waals surface area contributed by atoms with Gasteiger partial charge in [-0.2, -0.15) is 0 Å². The Morgan fingerprint density at radius 3 is 2.78 bits per heavy atom. The van der Waals surface area contributed by atoms with Crippen LogP contribution in [0.3, 0.4) is 0 Å². The maximum Gasteiger partial charge on any atom is 0.0205 e. The third-order valence-corrected chi connectivity index (χ3v) is 4.73. The summed E-state index contributed by atoms with van der Waals surface area (Å²) < 4.78 is 0. The van der Waals surface area contributed by atoms with Crippen LogP contribution in [0.5, 0.6) is 0 Å². The molecule has 0 heterocycles. The van der Waals surface area contributed by atoms with Crippen LogP contribution in [0.4, 0.5) is 0 Å². The lowest BCUT2D eigenvalue weighted by Gasteiger charge is -2.15. The van der Waals surface area contributed by atoms with Crippen LogP contribution in [0.15, 0.2) is 18.2 Å². The molecule has 0 spiro atoms. The molecule has 1 heteroatoms. The van der Waals surface area contributed by atoms with E-state index in [-0.39, 0.29) is 0 Å². The van der Waals surface area contributed by atoms with Gasteiger partial charge in [0.15, 0.2) is 0 Å². The number of fused-ring (bicyclic) bond motifs is 1. The van der Waals surface area contributed by atoms with E-state index in [0.717, 1.165) is 6.54 Å². The Kier molecular flexibility index (Phi) is 3.43. The molecule has 0 atom stereocenters. The Hall–Kier alpha value is -0.820. The second-order valence-corrected chi connectivity index (χ2v) is 6.31. The van der Waals surface area contributed by atoms with Crippen molar-refractivity contribution >= 4 is 0 Å². The van der Waals surface area contributed by atoms with Gasteiger partial charge in [0, 0.05) is 13.1 Å². The van der Waals surface area contributed by atoms with Gasteiger partial charge >= 0.3 is 0 Å². The molecule has 1 saturated carbocycles. The van der Waals surface area contributed by atoms with Crippen molar-refractivity contribution in [2.75, 3.05) is 6.54 Å². The summed E-state index contributed by atoms with van der Waals surface area (Å²) in [6, 6.07) is 7.09. The van der Waals surface area contributed by atoms with Crippen LogP contribution in [0, 0.1) is 5.41 Å². The minimum atomic E-state index is 0.672. The van der Waals surface area contributed by atoms with E-state index >= 15 is 0 Å². The first kappa shape index (κ1) is 12.2. The zero-order chi connectivity index (χ0) is 12.4. The fraction of sp³-hybridized carbons (Fsp3) is 0.647. The van der Waals surface area contributed by atoms with Crippen molar-refractivity contribution < 1.29 is 0 Å². The number of rotatable bonds is 6. The smallest absolute Gasteiger partial charge is 0.0205 e. The summed E-state index contributed by atoms with van der Waals surface area (Å²) in [6.07, 6.45) is 9.57. The molecule has 2 aliphatic rings. The summed E-state index contributed by atoms with van der Waals surface area (Å²) in [5.41, 5.74) is 5.33. The largest absolute Gasteiger partial charge is 0.312 e. The molecular weight excluding hydrogens is 218 g/mol. The number of hydrogen-bond donors (Lipinski definition) is 1. The first-order valence-electron chi connectivity index (χ1n) is 7.63. The van der Waals surface area contributed by atoms with E-state index in [9.17, 15) is 0 Å². The third-order valence-electron chi connectivity index (χ3n) is 4.73. The highest BCUT2D eigenvalue weighted by molar-refractivity contribution is 5.35. The Bertz CT molecular complexity index is 418. The van der Waals surface area contributed by atoms with Crippen LogP contribution in [-0.4, -0.2) is 6.54 Å². The van der Waals surface area contributed by atoms with Gasteiger partial charge in [0.1, 0.15) is 0 Å². The van der Waals surface area contributed by atoms with Crippen molar-refractivity contribution in [2.24, 2.45) is 5.41 Å². The van der Waals surface area contributed by atoms with E-state index in [1.807, 2.05) is 0 Å². The highest BCUT2D eigenvalue weighted by Gasteiger charge is 2.40. The lowest BCUT2D eigenvalue weighted by atomic mass is 10.0. The monoisotopic (exact) mass is 243 g/mol. The molecule has 2 aliphatic carbocycles. The SMILES string of the molecule is CCCC1(CNCc2ccc3c(c2)CCC3)CC1. The van der Waals surface area contributed by atoms with Gasteiger partial charge in [-0.1, -0.05) is 31.5 Å². The third kappa shape index (κ3) is 2.61. The molecule has 1 nitrogen and oxygen atoms in total. The lowest BCUT2D eigenvalue weighted by molar-refractivity contribution is 0.421. The van der Waals surface area contributed by atoms with Gasteiger partial charge in [-0.15, -0.1) is 0 Å². The molecule has 1 N–H and O–H groups in total. The molecule has 0 saturated heterocycles. The standard InChI is InChI=1S/C17H25N/c1-2-8-17(9-10-17)13-18-12-14-6-7-15-4-3-5-16(15)11-14/h6-7,11,18H,2-5,8-10,12-13H2,1H3. The Morgan fingerprint density at radius 1 is 1.17 bits per heavy atom. The second-order valence-electron chi connectivity index (χ2n) is 6.31. The van der Waals surface area contributed by atoms with E-state index in [0.29, 0.717) is 5.41 Å². The average Bonchev–Trinajstić information content (AvgIpc) is 2.97. The lowest BCUT2D eigenvalue weighted by Crippen LogP contribution is -2.23. The molecular formula is C17H25N. The summed E-state index contributed by atoms with van der Waals surface area (Å²) in [7, 11) is 0. The molecule has 0 unspecified atom stereocenters. The van der Waals surface area contributed by atoms with Crippen molar-refractivity contribution in [2.45, 2.75) is 58.4 Å². The number of hydrogen-bond acceptors (Lipinski definition) is 1. The molecule has 98 valence electrons. The summed E-state index contributed by atoms with van der Waals surface area (Å²) >= 11 is 0. The van der Waals surface area contributed by atoms with E-state index in [2.05, 4.69) is 30.4 Å². The van der Waals surface area contributed by atoms with Gasteiger partial charge in [-0.05, 0) is 60.6 Å². The van der Waals surface area contributed by atoms with Crippen molar-refractivity contribution in [1.29, 1.82) is 0 Å². The van der Waals surface area contributed by atoms with Crippen molar-refractivity contribution in [1.82, 2.24) is 5.32 Å². The summed E-state index contributed by atoms with van der Waals surface area (Å²) in [5, 5.41) is 3.68. The Morgan fingerprint density at radius 2 is 2.00 bits per heavy atom.